The van der Waals surface area contributed by atoms with Crippen LogP contribution in [0.5, 0.6) is 0 Å². The van der Waals surface area contributed by atoms with Crippen LogP contribution in [0.3, 0.4) is 0 Å². The lowest BCUT2D eigenvalue weighted by atomic mass is 9.92. The van der Waals surface area contributed by atoms with Crippen LogP contribution in [0.4, 0.5) is 4.79 Å². The maximum Gasteiger partial charge on any atom is 0.325 e. The van der Waals surface area contributed by atoms with Crippen LogP contribution in [0.1, 0.15) is 38.7 Å². The number of imide groups is 1. The number of halogens is 2. The molecule has 1 aliphatic carbocycles. The summed E-state index contributed by atoms with van der Waals surface area (Å²) < 4.78 is 0. The van der Waals surface area contributed by atoms with Crippen molar-refractivity contribution in [1.29, 1.82) is 0 Å². The Hall–Kier alpha value is -1.79. The predicted molar refractivity (Wildman–Crippen MR) is 104 cm³/mol. The van der Waals surface area contributed by atoms with Crippen LogP contribution in [0, 0.1) is 5.92 Å². The first-order valence-electron chi connectivity index (χ1n) is 9.13. The Labute approximate surface area is 168 Å². The summed E-state index contributed by atoms with van der Waals surface area (Å²) in [5, 5.41) is 3.40. The van der Waals surface area contributed by atoms with Crippen LogP contribution in [0.15, 0.2) is 18.2 Å². The van der Waals surface area contributed by atoms with Crippen LogP contribution in [-0.2, 0) is 15.1 Å². The Bertz CT molecular complexity index is 781. The van der Waals surface area contributed by atoms with E-state index in [1.807, 2.05) is 6.92 Å². The molecule has 1 aromatic rings. The van der Waals surface area contributed by atoms with E-state index in [4.69, 9.17) is 23.2 Å². The van der Waals surface area contributed by atoms with Crippen molar-refractivity contribution in [2.24, 2.45) is 5.92 Å². The summed E-state index contributed by atoms with van der Waals surface area (Å²) in [6, 6.07) is 4.16. The first-order chi connectivity index (χ1) is 12.8. The molecule has 1 N–H and O–H groups in total. The van der Waals surface area contributed by atoms with Crippen molar-refractivity contribution in [2.45, 2.75) is 38.6 Å². The van der Waals surface area contributed by atoms with E-state index in [9.17, 15) is 14.4 Å². The monoisotopic (exact) mass is 411 g/mol. The number of hydrogen-bond acceptors (Lipinski definition) is 3. The second kappa shape index (κ2) is 7.68. The largest absolute Gasteiger partial charge is 0.341 e. The molecule has 1 saturated heterocycles. The van der Waals surface area contributed by atoms with Gasteiger partial charge in [-0.3, -0.25) is 14.5 Å². The van der Waals surface area contributed by atoms with Gasteiger partial charge in [-0.05, 0) is 44.2 Å². The first kappa shape index (κ1) is 20.0. The Balaban J connectivity index is 1.77. The number of urea groups is 1. The molecule has 3 rings (SSSR count). The molecule has 27 heavy (non-hydrogen) atoms. The molecule has 1 atom stereocenters. The van der Waals surface area contributed by atoms with Crippen molar-refractivity contribution in [2.75, 3.05) is 19.6 Å². The molecule has 1 saturated carbocycles. The fourth-order valence-electron chi connectivity index (χ4n) is 3.35. The van der Waals surface area contributed by atoms with Gasteiger partial charge in [0.05, 0.1) is 0 Å². The van der Waals surface area contributed by atoms with Gasteiger partial charge < -0.3 is 10.2 Å². The minimum atomic E-state index is -1.33. The standard InChI is InChI=1S/C19H23Cl2N3O3/c1-3-8-23(10-12-4-5-12)16(25)11-24-17(26)19(2,22-18(24)27)14-7-6-13(20)9-15(14)21/h6-7,9,12H,3-5,8,10-11H2,1-2H3,(H,22,27). The van der Waals surface area contributed by atoms with Gasteiger partial charge in [0.25, 0.3) is 5.91 Å². The van der Waals surface area contributed by atoms with Crippen LogP contribution < -0.4 is 5.32 Å². The van der Waals surface area contributed by atoms with Gasteiger partial charge in [0.1, 0.15) is 12.1 Å². The number of amides is 4. The van der Waals surface area contributed by atoms with Crippen molar-refractivity contribution in [1.82, 2.24) is 15.1 Å². The maximum absolute atomic E-state index is 13.0. The quantitative estimate of drug-likeness (QED) is 0.698. The van der Waals surface area contributed by atoms with Gasteiger partial charge >= 0.3 is 6.03 Å². The molecule has 0 spiro atoms. The molecule has 1 aliphatic heterocycles. The summed E-state index contributed by atoms with van der Waals surface area (Å²) >= 11 is 12.2. The molecule has 146 valence electrons. The van der Waals surface area contributed by atoms with Crippen molar-refractivity contribution < 1.29 is 14.4 Å². The van der Waals surface area contributed by atoms with E-state index in [0.717, 1.165) is 24.2 Å². The van der Waals surface area contributed by atoms with Gasteiger partial charge in [0.2, 0.25) is 5.91 Å². The summed E-state index contributed by atoms with van der Waals surface area (Å²) in [6.07, 6.45) is 3.09. The second-order valence-electron chi connectivity index (χ2n) is 7.35. The fraction of sp³-hybridized carbons (Fsp3) is 0.526. The molecule has 0 radical (unpaired) electrons. The normalized spacial score (nSPS) is 22.1. The summed E-state index contributed by atoms with van der Waals surface area (Å²) in [5.74, 6) is -0.159. The zero-order chi connectivity index (χ0) is 19.8. The third kappa shape index (κ3) is 4.06. The minimum absolute atomic E-state index is 0.210. The Morgan fingerprint density at radius 3 is 2.63 bits per heavy atom. The Kier molecular flexibility index (Phi) is 5.68. The zero-order valence-electron chi connectivity index (χ0n) is 15.4. The van der Waals surface area contributed by atoms with Crippen LogP contribution >= 0.6 is 23.2 Å². The van der Waals surface area contributed by atoms with Crippen LogP contribution in [0.25, 0.3) is 0 Å². The van der Waals surface area contributed by atoms with Gasteiger partial charge in [0.15, 0.2) is 0 Å². The fourth-order valence-corrected chi connectivity index (χ4v) is 3.95. The number of nitrogens with zero attached hydrogens (tertiary/aromatic N) is 2. The molecule has 2 aliphatic rings. The summed E-state index contributed by atoms with van der Waals surface area (Å²) in [4.78, 5) is 40.9. The average Bonchev–Trinajstić information content (AvgIpc) is 3.38. The third-order valence-corrected chi connectivity index (χ3v) is 5.61. The zero-order valence-corrected chi connectivity index (χ0v) is 16.9. The molecule has 2 fully saturated rings. The first-order valence-corrected chi connectivity index (χ1v) is 9.89. The molecule has 0 bridgehead atoms. The molecule has 0 aromatic heterocycles. The number of carbonyl (C=O) groups excluding carboxylic acids is 3. The number of rotatable bonds is 7. The molecular weight excluding hydrogens is 389 g/mol. The highest BCUT2D eigenvalue weighted by Crippen LogP contribution is 2.35. The van der Waals surface area contributed by atoms with E-state index in [1.54, 1.807) is 24.0 Å². The number of nitrogens with one attached hydrogen (secondary N) is 1. The van der Waals surface area contributed by atoms with Crippen molar-refractivity contribution >= 4 is 41.0 Å². The summed E-state index contributed by atoms with van der Waals surface area (Å²) in [5.41, 5.74) is -0.879. The topological polar surface area (TPSA) is 69.7 Å². The molecular formula is C19H23Cl2N3O3. The number of hydrogen-bond donors (Lipinski definition) is 1. The van der Waals surface area contributed by atoms with E-state index in [1.165, 1.54) is 6.07 Å². The van der Waals surface area contributed by atoms with Gasteiger partial charge in [-0.15, -0.1) is 0 Å². The highest BCUT2D eigenvalue weighted by atomic mass is 35.5. The van der Waals surface area contributed by atoms with Gasteiger partial charge in [-0.1, -0.05) is 36.2 Å². The molecule has 1 aromatic carbocycles. The molecule has 8 heteroatoms. The highest BCUT2D eigenvalue weighted by Gasteiger charge is 2.50. The van der Waals surface area contributed by atoms with Gasteiger partial charge in [-0.2, -0.15) is 0 Å². The van der Waals surface area contributed by atoms with Crippen molar-refractivity contribution in [3.8, 4) is 0 Å². The smallest absolute Gasteiger partial charge is 0.325 e. The van der Waals surface area contributed by atoms with Gasteiger partial charge in [-0.25, -0.2) is 4.79 Å². The molecule has 6 nitrogen and oxygen atoms in total. The van der Waals surface area contributed by atoms with E-state index in [-0.39, 0.29) is 17.5 Å². The van der Waals surface area contributed by atoms with E-state index >= 15 is 0 Å². The van der Waals surface area contributed by atoms with Crippen molar-refractivity contribution in [3.63, 3.8) is 0 Å². The van der Waals surface area contributed by atoms with Crippen LogP contribution in [-0.4, -0.2) is 47.3 Å². The van der Waals surface area contributed by atoms with E-state index in [0.29, 0.717) is 29.6 Å². The Morgan fingerprint density at radius 1 is 1.33 bits per heavy atom. The minimum Gasteiger partial charge on any atom is -0.341 e. The summed E-state index contributed by atoms with van der Waals surface area (Å²) in [7, 11) is 0. The van der Waals surface area contributed by atoms with Crippen molar-refractivity contribution in [3.05, 3.63) is 33.8 Å². The molecule has 1 heterocycles. The average molecular weight is 412 g/mol. The predicted octanol–water partition coefficient (Wildman–Crippen LogP) is 3.41. The molecule has 1 unspecified atom stereocenters. The maximum atomic E-state index is 13.0. The lowest BCUT2D eigenvalue weighted by Gasteiger charge is -2.25. The highest BCUT2D eigenvalue weighted by molar-refractivity contribution is 6.35. The lowest BCUT2D eigenvalue weighted by Crippen LogP contribution is -2.45. The second-order valence-corrected chi connectivity index (χ2v) is 8.20. The van der Waals surface area contributed by atoms with E-state index < -0.39 is 17.5 Å². The Morgan fingerprint density at radius 2 is 2.04 bits per heavy atom. The van der Waals surface area contributed by atoms with Gasteiger partial charge in [0, 0.05) is 28.7 Å². The van der Waals surface area contributed by atoms with E-state index in [2.05, 4.69) is 5.32 Å². The third-order valence-electron chi connectivity index (χ3n) is 5.06. The summed E-state index contributed by atoms with van der Waals surface area (Å²) in [6.45, 7) is 4.63. The number of carbonyl (C=O) groups is 3. The molecule has 4 amide bonds. The number of benzene rings is 1. The van der Waals surface area contributed by atoms with Crippen LogP contribution in [0.2, 0.25) is 10.0 Å². The SMILES string of the molecule is CCCN(CC1CC1)C(=O)CN1C(=O)NC(C)(c2ccc(Cl)cc2Cl)C1=O. The lowest BCUT2D eigenvalue weighted by molar-refractivity contribution is -0.139.